The molecule has 0 radical (unpaired) electrons. The quantitative estimate of drug-likeness (QED) is 0.185. The lowest BCUT2D eigenvalue weighted by molar-refractivity contribution is 0.302. The zero-order valence-electron chi connectivity index (χ0n) is 27.5. The number of hydrogen-bond donors (Lipinski definition) is 0. The van der Waals surface area contributed by atoms with Gasteiger partial charge in [-0.3, -0.25) is 0 Å². The minimum absolute atomic E-state index is 0.558. The van der Waals surface area contributed by atoms with Gasteiger partial charge in [0.25, 0.3) is 0 Å². The molecule has 51 heavy (non-hydrogen) atoms. The average Bonchev–Trinajstić information content (AvgIpc) is 3.60. The van der Waals surface area contributed by atoms with Crippen molar-refractivity contribution in [1.29, 1.82) is 0 Å². The van der Waals surface area contributed by atoms with Crippen LogP contribution in [0.3, 0.4) is 0 Å². The van der Waals surface area contributed by atoms with E-state index in [0.717, 1.165) is 66.6 Å². The van der Waals surface area contributed by atoms with Crippen molar-refractivity contribution in [3.8, 4) is 73.3 Å². The lowest BCUT2D eigenvalue weighted by Crippen LogP contribution is -2.06. The van der Waals surface area contributed by atoms with Crippen LogP contribution >= 0.6 is 0 Å². The predicted octanol–water partition coefficient (Wildman–Crippen LogP) is 11.7. The molecule has 0 N–H and O–H groups in total. The molecule has 7 aromatic carbocycles. The van der Waals surface area contributed by atoms with E-state index in [2.05, 4.69) is 103 Å². The van der Waals surface area contributed by atoms with Gasteiger partial charge < -0.3 is 9.15 Å². The first kappa shape index (κ1) is 29.1. The molecule has 3 heterocycles. The van der Waals surface area contributed by atoms with Crippen molar-refractivity contribution in [3.05, 3.63) is 169 Å². The van der Waals surface area contributed by atoms with E-state index in [1.165, 1.54) is 16.7 Å². The van der Waals surface area contributed by atoms with Crippen LogP contribution in [0.5, 0.6) is 5.75 Å². The van der Waals surface area contributed by atoms with Crippen LogP contribution in [0, 0.1) is 0 Å². The van der Waals surface area contributed by atoms with E-state index in [4.69, 9.17) is 24.1 Å². The minimum atomic E-state index is 0.558. The number of fused-ring (bicyclic) bond motifs is 6. The van der Waals surface area contributed by atoms with Crippen molar-refractivity contribution in [2.75, 3.05) is 0 Å². The van der Waals surface area contributed by atoms with Gasteiger partial charge in [-0.15, -0.1) is 0 Å². The molecule has 0 spiro atoms. The predicted molar refractivity (Wildman–Crippen MR) is 204 cm³/mol. The van der Waals surface area contributed by atoms with Crippen molar-refractivity contribution in [2.45, 2.75) is 6.61 Å². The van der Waals surface area contributed by atoms with Crippen LogP contribution in [0.1, 0.15) is 5.56 Å². The van der Waals surface area contributed by atoms with Crippen LogP contribution in [0.25, 0.3) is 89.5 Å². The highest BCUT2D eigenvalue weighted by Crippen LogP contribution is 2.43. The first-order valence-electron chi connectivity index (χ1n) is 17.0. The summed E-state index contributed by atoms with van der Waals surface area (Å²) in [6.07, 6.45) is 0. The summed E-state index contributed by atoms with van der Waals surface area (Å²) in [5, 5.41) is 2.21. The summed E-state index contributed by atoms with van der Waals surface area (Å²) in [5.41, 5.74) is 12.4. The van der Waals surface area contributed by atoms with E-state index in [1.807, 2.05) is 60.7 Å². The van der Waals surface area contributed by atoms with Crippen molar-refractivity contribution in [2.24, 2.45) is 0 Å². The Balaban J connectivity index is 1.07. The molecule has 5 nitrogen and oxygen atoms in total. The molecule has 0 unspecified atom stereocenters. The third-order valence-corrected chi connectivity index (χ3v) is 9.65. The van der Waals surface area contributed by atoms with Crippen molar-refractivity contribution in [1.82, 2.24) is 15.0 Å². The normalized spacial score (nSPS) is 12.0. The molecule has 0 saturated carbocycles. The Bertz CT molecular complexity index is 2750. The van der Waals surface area contributed by atoms with Crippen LogP contribution in [-0.2, 0) is 6.61 Å². The monoisotopic (exact) mass is 655 g/mol. The minimum Gasteiger partial charge on any atom is -0.488 e. The SMILES string of the molecule is c1ccc(-c2nc(-c3ccc(-c4cccc5c4-c4ccccc4OC5)cc3)nc(-c3cccc(-c4cccc5c4oc4ccccc45)c3)n2)cc1. The van der Waals surface area contributed by atoms with Crippen molar-refractivity contribution in [3.63, 3.8) is 0 Å². The van der Waals surface area contributed by atoms with E-state index >= 15 is 0 Å². The van der Waals surface area contributed by atoms with E-state index in [9.17, 15) is 0 Å². The molecule has 0 aliphatic carbocycles. The van der Waals surface area contributed by atoms with Gasteiger partial charge in [0.05, 0.1) is 0 Å². The van der Waals surface area contributed by atoms with Crippen molar-refractivity contribution >= 4 is 21.9 Å². The first-order valence-corrected chi connectivity index (χ1v) is 17.0. The summed E-state index contributed by atoms with van der Waals surface area (Å²) in [5.74, 6) is 2.76. The molecule has 2 aromatic heterocycles. The lowest BCUT2D eigenvalue weighted by atomic mass is 9.89. The van der Waals surface area contributed by atoms with E-state index in [1.54, 1.807) is 0 Å². The van der Waals surface area contributed by atoms with Gasteiger partial charge in [0.15, 0.2) is 17.5 Å². The Morgan fingerprint density at radius 1 is 0.412 bits per heavy atom. The van der Waals surface area contributed by atoms with Crippen LogP contribution in [0.4, 0.5) is 0 Å². The molecule has 1 aliphatic rings. The molecule has 0 atom stereocenters. The fraction of sp³-hybridized carbons (Fsp3) is 0.0217. The van der Waals surface area contributed by atoms with Gasteiger partial charge in [-0.05, 0) is 46.0 Å². The number of para-hydroxylation sites is 3. The maximum Gasteiger partial charge on any atom is 0.164 e. The molecule has 0 fully saturated rings. The lowest BCUT2D eigenvalue weighted by Gasteiger charge is -2.23. The second-order valence-electron chi connectivity index (χ2n) is 12.7. The zero-order chi connectivity index (χ0) is 33.7. The highest BCUT2D eigenvalue weighted by Gasteiger charge is 2.21. The first-order chi connectivity index (χ1) is 25.3. The Morgan fingerprint density at radius 3 is 1.86 bits per heavy atom. The van der Waals surface area contributed by atoms with Crippen LogP contribution in [-0.4, -0.2) is 15.0 Å². The molecule has 10 rings (SSSR count). The van der Waals surface area contributed by atoms with E-state index in [-0.39, 0.29) is 0 Å². The van der Waals surface area contributed by atoms with Gasteiger partial charge in [0, 0.05) is 38.6 Å². The Labute approximate surface area is 294 Å². The van der Waals surface area contributed by atoms with Gasteiger partial charge >= 0.3 is 0 Å². The van der Waals surface area contributed by atoms with Gasteiger partial charge in [-0.25, -0.2) is 15.0 Å². The second-order valence-corrected chi connectivity index (χ2v) is 12.7. The summed E-state index contributed by atoms with van der Waals surface area (Å²) in [6.45, 7) is 0.558. The van der Waals surface area contributed by atoms with Crippen molar-refractivity contribution < 1.29 is 9.15 Å². The molecule has 1 aliphatic heterocycles. The van der Waals surface area contributed by atoms with E-state index in [0.29, 0.717) is 24.1 Å². The van der Waals surface area contributed by atoms with Gasteiger partial charge in [0.1, 0.15) is 23.5 Å². The van der Waals surface area contributed by atoms with Crippen LogP contribution in [0.2, 0.25) is 0 Å². The molecule has 9 aromatic rings. The van der Waals surface area contributed by atoms with Gasteiger partial charge in [-0.2, -0.15) is 0 Å². The highest BCUT2D eigenvalue weighted by molar-refractivity contribution is 6.09. The average molecular weight is 656 g/mol. The number of benzene rings is 7. The molecule has 0 amide bonds. The molecule has 0 saturated heterocycles. The van der Waals surface area contributed by atoms with Crippen LogP contribution in [0.15, 0.2) is 168 Å². The summed E-state index contributed by atoms with van der Waals surface area (Å²) in [7, 11) is 0. The number of furan rings is 1. The summed E-state index contributed by atoms with van der Waals surface area (Å²) in [4.78, 5) is 15.1. The molecule has 240 valence electrons. The smallest absolute Gasteiger partial charge is 0.164 e. The number of nitrogens with zero attached hydrogens (tertiary/aromatic N) is 3. The Hall–Kier alpha value is -6.85. The largest absolute Gasteiger partial charge is 0.488 e. The second kappa shape index (κ2) is 11.9. The summed E-state index contributed by atoms with van der Waals surface area (Å²) >= 11 is 0. The number of aromatic nitrogens is 3. The highest BCUT2D eigenvalue weighted by atomic mass is 16.5. The standard InChI is InChI=1S/C46H29N3O2/c1-2-11-30(12-3-1)44-47-45(31-25-23-29(24-26-31)35-18-9-15-34-28-50-40-21-6-5-17-39(40)42(34)35)49-46(48-44)33-14-8-13-32(27-33)36-19-10-20-38-37-16-4-7-22-41(37)51-43(36)38/h1-27H,28H2. The zero-order valence-corrected chi connectivity index (χ0v) is 27.5. The Kier molecular flexibility index (Phi) is 6.81. The molecular weight excluding hydrogens is 627 g/mol. The van der Waals surface area contributed by atoms with Gasteiger partial charge in [0.2, 0.25) is 0 Å². The maximum atomic E-state index is 6.38. The summed E-state index contributed by atoms with van der Waals surface area (Å²) in [6, 6.07) is 56.1. The summed E-state index contributed by atoms with van der Waals surface area (Å²) < 4.78 is 12.4. The maximum absolute atomic E-state index is 6.38. The number of rotatable bonds is 5. The van der Waals surface area contributed by atoms with E-state index < -0.39 is 0 Å². The Morgan fingerprint density at radius 2 is 1.00 bits per heavy atom. The third kappa shape index (κ3) is 5.06. The molecule has 0 bridgehead atoms. The number of hydrogen-bond acceptors (Lipinski definition) is 5. The fourth-order valence-corrected chi connectivity index (χ4v) is 7.18. The fourth-order valence-electron chi connectivity index (χ4n) is 7.18. The molecular formula is C46H29N3O2. The third-order valence-electron chi connectivity index (χ3n) is 9.65. The number of ether oxygens (including phenoxy) is 1. The topological polar surface area (TPSA) is 61.0 Å². The van der Waals surface area contributed by atoms with Gasteiger partial charge in [-0.1, -0.05) is 146 Å². The molecule has 5 heteroatoms. The van der Waals surface area contributed by atoms with Crippen LogP contribution < -0.4 is 4.74 Å².